The molecule has 1 aromatic carbocycles. The van der Waals surface area contributed by atoms with Gasteiger partial charge in [-0.1, -0.05) is 30.3 Å². The minimum Gasteiger partial charge on any atom is -0.424 e. The average Bonchev–Trinajstić information content (AvgIpc) is 3.26. The van der Waals surface area contributed by atoms with E-state index in [2.05, 4.69) is 27.2 Å². The zero-order chi connectivity index (χ0) is 14.5. The van der Waals surface area contributed by atoms with Crippen LogP contribution in [0.25, 0.3) is 0 Å². The lowest BCUT2D eigenvalue weighted by atomic mass is 10.1. The second kappa shape index (κ2) is 6.83. The maximum atomic E-state index is 9.21. The number of aromatic nitrogens is 2. The van der Waals surface area contributed by atoms with Crippen LogP contribution in [0.3, 0.4) is 0 Å². The van der Waals surface area contributed by atoms with Crippen LogP contribution < -0.4 is 0 Å². The number of hydrogen-bond acceptors (Lipinski definition) is 5. The molecule has 1 fully saturated rings. The summed E-state index contributed by atoms with van der Waals surface area (Å²) in [7, 11) is 0. The van der Waals surface area contributed by atoms with Gasteiger partial charge in [-0.25, -0.2) is 0 Å². The highest BCUT2D eigenvalue weighted by atomic mass is 16.4. The van der Waals surface area contributed by atoms with Crippen LogP contribution >= 0.6 is 0 Å². The quantitative estimate of drug-likeness (QED) is 0.804. The van der Waals surface area contributed by atoms with Gasteiger partial charge in [-0.2, -0.15) is 0 Å². The van der Waals surface area contributed by atoms with E-state index in [4.69, 9.17) is 4.42 Å². The summed E-state index contributed by atoms with van der Waals surface area (Å²) in [5.74, 6) is 1.91. The van der Waals surface area contributed by atoms with Crippen LogP contribution in [0.4, 0.5) is 0 Å². The van der Waals surface area contributed by atoms with Crippen molar-refractivity contribution in [2.45, 2.75) is 31.7 Å². The first kappa shape index (κ1) is 14.2. The van der Waals surface area contributed by atoms with Gasteiger partial charge in [0.1, 0.15) is 0 Å². The predicted molar refractivity (Wildman–Crippen MR) is 78.8 cm³/mol. The molecular weight excluding hydrogens is 266 g/mol. The summed E-state index contributed by atoms with van der Waals surface area (Å²) < 4.78 is 5.69. The van der Waals surface area contributed by atoms with Gasteiger partial charge in [0, 0.05) is 19.0 Å². The fourth-order valence-corrected chi connectivity index (χ4v) is 2.36. The second-order valence-corrected chi connectivity index (χ2v) is 5.54. The molecule has 112 valence electrons. The first-order valence-electron chi connectivity index (χ1n) is 7.54. The molecule has 0 radical (unpaired) electrons. The molecule has 3 rings (SSSR count). The normalized spacial score (nSPS) is 14.8. The van der Waals surface area contributed by atoms with E-state index < -0.39 is 0 Å². The molecule has 0 atom stereocenters. The highest BCUT2D eigenvalue weighted by Gasteiger charge is 2.29. The van der Waals surface area contributed by atoms with Gasteiger partial charge in [0.2, 0.25) is 11.8 Å². The van der Waals surface area contributed by atoms with Crippen LogP contribution in [0.15, 0.2) is 34.7 Å². The fourth-order valence-electron chi connectivity index (χ4n) is 2.36. The topological polar surface area (TPSA) is 62.4 Å². The first-order chi connectivity index (χ1) is 10.3. The molecule has 0 unspecified atom stereocenters. The fraction of sp³-hybridized carbons (Fsp3) is 0.500. The molecule has 5 nitrogen and oxygen atoms in total. The Hall–Kier alpha value is -1.72. The Morgan fingerprint density at radius 3 is 2.67 bits per heavy atom. The molecule has 0 aliphatic heterocycles. The van der Waals surface area contributed by atoms with E-state index in [0.29, 0.717) is 24.9 Å². The van der Waals surface area contributed by atoms with E-state index in [0.717, 1.165) is 31.7 Å². The molecule has 1 aliphatic carbocycles. The summed E-state index contributed by atoms with van der Waals surface area (Å²) in [5.41, 5.74) is 1.30. The van der Waals surface area contributed by atoms with E-state index in [-0.39, 0.29) is 6.61 Å². The van der Waals surface area contributed by atoms with Gasteiger partial charge in [0.25, 0.3) is 0 Å². The Kier molecular flexibility index (Phi) is 4.62. The molecule has 21 heavy (non-hydrogen) atoms. The Morgan fingerprint density at radius 1 is 1.14 bits per heavy atom. The number of benzene rings is 1. The lowest BCUT2D eigenvalue weighted by molar-refractivity contribution is 0.179. The van der Waals surface area contributed by atoms with Crippen molar-refractivity contribution >= 4 is 0 Å². The van der Waals surface area contributed by atoms with Gasteiger partial charge in [-0.3, -0.25) is 4.90 Å². The smallest absolute Gasteiger partial charge is 0.230 e. The lowest BCUT2D eigenvalue weighted by Crippen LogP contribution is -2.28. The summed E-state index contributed by atoms with van der Waals surface area (Å²) in [6.45, 7) is 2.23. The van der Waals surface area contributed by atoms with Crippen molar-refractivity contribution in [2.24, 2.45) is 0 Å². The Labute approximate surface area is 124 Å². The minimum atomic E-state index is 0.137. The average molecular weight is 287 g/mol. The number of aliphatic hydroxyl groups is 1. The number of nitrogens with zero attached hydrogens (tertiary/aromatic N) is 3. The van der Waals surface area contributed by atoms with Gasteiger partial charge >= 0.3 is 0 Å². The highest BCUT2D eigenvalue weighted by molar-refractivity contribution is 5.14. The maximum Gasteiger partial charge on any atom is 0.230 e. The molecule has 1 aliphatic rings. The van der Waals surface area contributed by atoms with Crippen molar-refractivity contribution < 1.29 is 9.52 Å². The molecule has 1 heterocycles. The van der Waals surface area contributed by atoms with Crippen molar-refractivity contribution in [1.29, 1.82) is 0 Å². The van der Waals surface area contributed by atoms with E-state index in [1.807, 2.05) is 18.2 Å². The van der Waals surface area contributed by atoms with E-state index in [9.17, 15) is 5.11 Å². The second-order valence-electron chi connectivity index (χ2n) is 5.54. The molecule has 0 spiro atoms. The zero-order valence-electron chi connectivity index (χ0n) is 12.1. The van der Waals surface area contributed by atoms with Gasteiger partial charge in [-0.05, 0) is 24.8 Å². The van der Waals surface area contributed by atoms with Gasteiger partial charge in [0.15, 0.2) is 0 Å². The standard InChI is InChI=1S/C16H21N3O2/c20-11-10-19(9-8-13-4-2-1-3-5-13)12-15-17-18-16(21-15)14-6-7-14/h1-5,14,20H,6-12H2. The number of rotatable bonds is 8. The Bertz CT molecular complexity index is 552. The largest absolute Gasteiger partial charge is 0.424 e. The summed E-state index contributed by atoms with van der Waals surface area (Å²) in [6.07, 6.45) is 3.27. The van der Waals surface area contributed by atoms with Crippen LogP contribution in [0.2, 0.25) is 0 Å². The van der Waals surface area contributed by atoms with E-state index in [1.54, 1.807) is 0 Å². The van der Waals surface area contributed by atoms with Gasteiger partial charge in [0.05, 0.1) is 13.2 Å². The van der Waals surface area contributed by atoms with Crippen molar-refractivity contribution in [2.75, 3.05) is 19.7 Å². The van der Waals surface area contributed by atoms with Crippen molar-refractivity contribution in [3.8, 4) is 0 Å². The molecular formula is C16H21N3O2. The summed E-state index contributed by atoms with van der Waals surface area (Å²) in [4.78, 5) is 2.15. The zero-order valence-corrected chi connectivity index (χ0v) is 12.1. The molecule has 1 aromatic heterocycles. The van der Waals surface area contributed by atoms with E-state index in [1.165, 1.54) is 5.56 Å². The first-order valence-corrected chi connectivity index (χ1v) is 7.54. The van der Waals surface area contributed by atoms with Crippen LogP contribution in [0, 0.1) is 0 Å². The van der Waals surface area contributed by atoms with Crippen LogP contribution in [0.5, 0.6) is 0 Å². The monoisotopic (exact) mass is 287 g/mol. The third-order valence-electron chi connectivity index (χ3n) is 3.74. The third kappa shape index (κ3) is 4.12. The maximum absolute atomic E-state index is 9.21. The Balaban J connectivity index is 1.55. The number of aliphatic hydroxyl groups excluding tert-OH is 1. The number of hydrogen-bond donors (Lipinski definition) is 1. The molecule has 0 amide bonds. The summed E-state index contributed by atoms with van der Waals surface area (Å²) >= 11 is 0. The third-order valence-corrected chi connectivity index (χ3v) is 3.74. The van der Waals surface area contributed by atoms with E-state index >= 15 is 0 Å². The minimum absolute atomic E-state index is 0.137. The molecule has 5 heteroatoms. The Morgan fingerprint density at radius 2 is 1.95 bits per heavy atom. The van der Waals surface area contributed by atoms with Gasteiger partial charge in [-0.15, -0.1) is 10.2 Å². The van der Waals surface area contributed by atoms with Crippen molar-refractivity contribution in [1.82, 2.24) is 15.1 Å². The molecule has 0 bridgehead atoms. The highest BCUT2D eigenvalue weighted by Crippen LogP contribution is 2.39. The lowest BCUT2D eigenvalue weighted by Gasteiger charge is -2.19. The molecule has 2 aromatic rings. The molecule has 0 saturated heterocycles. The van der Waals surface area contributed by atoms with Gasteiger partial charge < -0.3 is 9.52 Å². The van der Waals surface area contributed by atoms with Crippen LogP contribution in [-0.2, 0) is 13.0 Å². The predicted octanol–water partition coefficient (Wildman–Crippen LogP) is 1.98. The summed E-state index contributed by atoms with van der Waals surface area (Å²) in [6, 6.07) is 10.4. The van der Waals surface area contributed by atoms with Crippen LogP contribution in [0.1, 0.15) is 36.1 Å². The van der Waals surface area contributed by atoms with Crippen LogP contribution in [-0.4, -0.2) is 39.9 Å². The molecule has 1 saturated carbocycles. The molecule has 1 N–H and O–H groups in total. The summed E-state index contributed by atoms with van der Waals surface area (Å²) in [5, 5.41) is 17.4. The SMILES string of the molecule is OCCN(CCc1ccccc1)Cc1nnc(C2CC2)o1. The van der Waals surface area contributed by atoms with Crippen molar-refractivity contribution in [3.63, 3.8) is 0 Å². The van der Waals surface area contributed by atoms with Crippen molar-refractivity contribution in [3.05, 3.63) is 47.7 Å².